The molecule has 1 aromatic carbocycles. The van der Waals surface area contributed by atoms with Gasteiger partial charge in [0.05, 0.1) is 12.0 Å². The molecule has 2 nitrogen and oxygen atoms in total. The van der Waals surface area contributed by atoms with Gasteiger partial charge in [-0.3, -0.25) is 0 Å². The van der Waals surface area contributed by atoms with Gasteiger partial charge in [0.25, 0.3) is 0 Å². The summed E-state index contributed by atoms with van der Waals surface area (Å²) in [7, 11) is 1.56. The Bertz CT molecular complexity index is 279. The van der Waals surface area contributed by atoms with E-state index in [4.69, 9.17) is 10.5 Å². The highest BCUT2D eigenvalue weighted by atomic mass is 32.2. The largest absolute Gasteiger partial charge is 0.495 e. The molecule has 0 atom stereocenters. The number of hydrogen-bond acceptors (Lipinski definition) is 3. The summed E-state index contributed by atoms with van der Waals surface area (Å²) in [4.78, 5) is 0.781. The van der Waals surface area contributed by atoms with Crippen molar-refractivity contribution in [2.45, 2.75) is 11.4 Å². The first kappa shape index (κ1) is 10.3. The van der Waals surface area contributed by atoms with Crippen LogP contribution in [0.2, 0.25) is 0 Å². The van der Waals surface area contributed by atoms with Gasteiger partial charge in [0.15, 0.2) is 0 Å². The molecule has 0 fully saturated rings. The van der Waals surface area contributed by atoms with E-state index in [0.717, 1.165) is 4.90 Å². The van der Waals surface area contributed by atoms with Crippen LogP contribution in [0.25, 0.3) is 0 Å². The minimum Gasteiger partial charge on any atom is -0.495 e. The quantitative estimate of drug-likeness (QED) is 0.760. The molecule has 1 rings (SSSR count). The minimum atomic E-state index is -0.273. The molecule has 0 radical (unpaired) electrons. The summed E-state index contributed by atoms with van der Waals surface area (Å²) in [5.41, 5.74) is 6.16. The van der Waals surface area contributed by atoms with Crippen LogP contribution >= 0.6 is 11.8 Å². The predicted octanol–water partition coefficient (Wildman–Crippen LogP) is 2.01. The van der Waals surface area contributed by atoms with Crippen molar-refractivity contribution in [1.29, 1.82) is 0 Å². The van der Waals surface area contributed by atoms with Crippen LogP contribution in [0, 0.1) is 5.82 Å². The Morgan fingerprint density at radius 3 is 2.69 bits per heavy atom. The van der Waals surface area contributed by atoms with Crippen molar-refractivity contribution >= 4 is 11.8 Å². The van der Waals surface area contributed by atoms with Gasteiger partial charge in [-0.1, -0.05) is 0 Å². The van der Waals surface area contributed by atoms with Gasteiger partial charge in [-0.15, -0.1) is 11.8 Å². The van der Waals surface area contributed by atoms with E-state index in [-0.39, 0.29) is 12.4 Å². The Kier molecular flexibility index (Phi) is 3.57. The lowest BCUT2D eigenvalue weighted by Crippen LogP contribution is -2.01. The third kappa shape index (κ3) is 2.14. The van der Waals surface area contributed by atoms with Gasteiger partial charge in [-0.2, -0.15) is 0 Å². The predicted molar refractivity (Wildman–Crippen MR) is 52.6 cm³/mol. The molecule has 72 valence electrons. The van der Waals surface area contributed by atoms with Crippen molar-refractivity contribution in [3.05, 3.63) is 23.5 Å². The standard InChI is InChI=1S/C9H12FNOS/c1-12-9-6(5-11)3-7(10)4-8(9)13-2/h3-4H,5,11H2,1-2H3. The lowest BCUT2D eigenvalue weighted by Gasteiger charge is -2.10. The third-order valence-corrected chi connectivity index (χ3v) is 2.48. The summed E-state index contributed by atoms with van der Waals surface area (Å²) in [6.45, 7) is 0.286. The van der Waals surface area contributed by atoms with E-state index in [1.807, 2.05) is 6.26 Å². The van der Waals surface area contributed by atoms with E-state index in [1.165, 1.54) is 23.9 Å². The maximum Gasteiger partial charge on any atom is 0.137 e. The molecule has 13 heavy (non-hydrogen) atoms. The molecule has 1 aromatic rings. The first-order valence-corrected chi connectivity index (χ1v) is 5.05. The van der Waals surface area contributed by atoms with Crippen molar-refractivity contribution in [2.75, 3.05) is 13.4 Å². The zero-order valence-electron chi connectivity index (χ0n) is 7.63. The van der Waals surface area contributed by atoms with Crippen LogP contribution in [0.4, 0.5) is 4.39 Å². The second-order valence-corrected chi connectivity index (χ2v) is 3.35. The van der Waals surface area contributed by atoms with E-state index < -0.39 is 0 Å². The summed E-state index contributed by atoms with van der Waals surface area (Å²) in [5.74, 6) is 0.405. The van der Waals surface area contributed by atoms with Crippen molar-refractivity contribution in [2.24, 2.45) is 5.73 Å². The monoisotopic (exact) mass is 201 g/mol. The summed E-state index contributed by atoms with van der Waals surface area (Å²) in [6, 6.07) is 2.85. The normalized spacial score (nSPS) is 10.2. The van der Waals surface area contributed by atoms with Crippen LogP contribution in [-0.2, 0) is 6.54 Å². The first-order chi connectivity index (χ1) is 6.22. The van der Waals surface area contributed by atoms with Gasteiger partial charge in [-0.05, 0) is 18.4 Å². The van der Waals surface area contributed by atoms with Gasteiger partial charge < -0.3 is 10.5 Å². The maximum absolute atomic E-state index is 13.0. The minimum absolute atomic E-state index is 0.273. The molecule has 0 aliphatic carbocycles. The molecular weight excluding hydrogens is 189 g/mol. The van der Waals surface area contributed by atoms with Gasteiger partial charge in [0.2, 0.25) is 0 Å². The first-order valence-electron chi connectivity index (χ1n) is 3.83. The lowest BCUT2D eigenvalue weighted by atomic mass is 10.2. The number of benzene rings is 1. The molecule has 0 unspecified atom stereocenters. The second kappa shape index (κ2) is 4.48. The topological polar surface area (TPSA) is 35.2 Å². The molecule has 0 amide bonds. The van der Waals surface area contributed by atoms with Crippen molar-refractivity contribution in [1.82, 2.24) is 0 Å². The van der Waals surface area contributed by atoms with Gasteiger partial charge in [-0.25, -0.2) is 4.39 Å². The van der Waals surface area contributed by atoms with E-state index in [9.17, 15) is 4.39 Å². The fourth-order valence-corrected chi connectivity index (χ4v) is 1.79. The van der Waals surface area contributed by atoms with E-state index in [2.05, 4.69) is 0 Å². The Labute approximate surface area is 81.3 Å². The average molecular weight is 201 g/mol. The Hall–Kier alpha value is -0.740. The van der Waals surface area contributed by atoms with E-state index in [0.29, 0.717) is 11.3 Å². The molecule has 0 saturated heterocycles. The zero-order valence-corrected chi connectivity index (χ0v) is 8.45. The Morgan fingerprint density at radius 2 is 2.23 bits per heavy atom. The molecule has 0 spiro atoms. The number of methoxy groups -OCH3 is 1. The highest BCUT2D eigenvalue weighted by Crippen LogP contribution is 2.31. The molecule has 0 saturated carbocycles. The lowest BCUT2D eigenvalue weighted by molar-refractivity contribution is 0.398. The maximum atomic E-state index is 13.0. The van der Waals surface area contributed by atoms with Gasteiger partial charge >= 0.3 is 0 Å². The fourth-order valence-electron chi connectivity index (χ4n) is 1.16. The fraction of sp³-hybridized carbons (Fsp3) is 0.333. The van der Waals surface area contributed by atoms with Gasteiger partial charge in [0.1, 0.15) is 11.6 Å². The van der Waals surface area contributed by atoms with Gasteiger partial charge in [0, 0.05) is 12.1 Å². The number of ether oxygens (including phenoxy) is 1. The third-order valence-electron chi connectivity index (χ3n) is 1.74. The van der Waals surface area contributed by atoms with Crippen LogP contribution in [0.1, 0.15) is 5.56 Å². The number of nitrogens with two attached hydrogens (primary N) is 1. The van der Waals surface area contributed by atoms with E-state index in [1.54, 1.807) is 7.11 Å². The summed E-state index contributed by atoms with van der Waals surface area (Å²) >= 11 is 1.44. The van der Waals surface area contributed by atoms with Crippen LogP contribution in [-0.4, -0.2) is 13.4 Å². The molecule has 0 aliphatic rings. The average Bonchev–Trinajstić information content (AvgIpc) is 2.16. The van der Waals surface area contributed by atoms with E-state index >= 15 is 0 Å². The number of thioether (sulfide) groups is 1. The van der Waals surface area contributed by atoms with Crippen LogP contribution in [0.15, 0.2) is 17.0 Å². The second-order valence-electron chi connectivity index (χ2n) is 2.50. The highest BCUT2D eigenvalue weighted by molar-refractivity contribution is 7.98. The Morgan fingerprint density at radius 1 is 1.54 bits per heavy atom. The van der Waals surface area contributed by atoms with Crippen molar-refractivity contribution in [3.8, 4) is 5.75 Å². The van der Waals surface area contributed by atoms with Crippen LogP contribution in [0.5, 0.6) is 5.75 Å². The summed E-state index contributed by atoms with van der Waals surface area (Å²) in [5, 5.41) is 0. The molecule has 0 aliphatic heterocycles. The van der Waals surface area contributed by atoms with Crippen LogP contribution < -0.4 is 10.5 Å². The molecule has 0 aromatic heterocycles. The summed E-state index contributed by atoms with van der Waals surface area (Å²) in [6.07, 6.45) is 1.87. The summed E-state index contributed by atoms with van der Waals surface area (Å²) < 4.78 is 18.1. The number of halogens is 1. The molecule has 4 heteroatoms. The highest BCUT2D eigenvalue weighted by Gasteiger charge is 2.09. The smallest absolute Gasteiger partial charge is 0.137 e. The Balaban J connectivity index is 3.25. The zero-order chi connectivity index (χ0) is 9.84. The van der Waals surface area contributed by atoms with Crippen LogP contribution in [0.3, 0.4) is 0 Å². The number of hydrogen-bond donors (Lipinski definition) is 1. The van der Waals surface area contributed by atoms with Crippen molar-refractivity contribution < 1.29 is 9.13 Å². The number of rotatable bonds is 3. The molecule has 2 N–H and O–H groups in total. The molecular formula is C9H12FNOS. The van der Waals surface area contributed by atoms with Crippen molar-refractivity contribution in [3.63, 3.8) is 0 Å². The molecule has 0 heterocycles. The molecule has 0 bridgehead atoms. The SMILES string of the molecule is COc1c(CN)cc(F)cc1SC.